The van der Waals surface area contributed by atoms with Crippen LogP contribution in [0.5, 0.6) is 0 Å². The van der Waals surface area contributed by atoms with Gasteiger partial charge in [0.2, 0.25) is 0 Å². The van der Waals surface area contributed by atoms with Crippen LogP contribution in [0, 0.1) is 0 Å². The fourth-order valence-electron chi connectivity index (χ4n) is 3.96. The predicted octanol–water partition coefficient (Wildman–Crippen LogP) is 3.61. The smallest absolute Gasteiger partial charge is 0.264 e. The van der Waals surface area contributed by atoms with Crippen LogP contribution >= 0.6 is 11.3 Å². The summed E-state index contributed by atoms with van der Waals surface area (Å²) in [6, 6.07) is 2.16. The number of aryl methyl sites for hydroxylation is 2. The summed E-state index contributed by atoms with van der Waals surface area (Å²) in [6.07, 6.45) is 7.60. The number of hydrogen-bond donors (Lipinski definition) is 0. The number of fused-ring (bicyclic) bond motifs is 1. The first-order valence-electron chi connectivity index (χ1n) is 9.09. The highest BCUT2D eigenvalue weighted by Crippen LogP contribution is 2.34. The van der Waals surface area contributed by atoms with Crippen LogP contribution in [0.4, 0.5) is 0 Å². The summed E-state index contributed by atoms with van der Waals surface area (Å²) < 4.78 is 2.29. The van der Waals surface area contributed by atoms with Gasteiger partial charge in [0.1, 0.15) is 5.82 Å². The van der Waals surface area contributed by atoms with E-state index in [-0.39, 0.29) is 11.9 Å². The molecule has 1 amide bonds. The normalized spacial score (nSPS) is 20.9. The van der Waals surface area contributed by atoms with E-state index in [4.69, 9.17) is 0 Å². The molecule has 0 saturated carbocycles. The zero-order valence-corrected chi connectivity index (χ0v) is 15.0. The van der Waals surface area contributed by atoms with Crippen molar-refractivity contribution in [1.82, 2.24) is 19.7 Å². The summed E-state index contributed by atoms with van der Waals surface area (Å²) in [5.74, 6) is 2.29. The molecule has 2 aromatic heterocycles. The molecule has 0 bridgehead atoms. The van der Waals surface area contributed by atoms with Gasteiger partial charge in [0.15, 0.2) is 5.82 Å². The van der Waals surface area contributed by atoms with Crippen LogP contribution in [-0.4, -0.2) is 32.1 Å². The van der Waals surface area contributed by atoms with Crippen LogP contribution in [0.3, 0.4) is 0 Å². The van der Waals surface area contributed by atoms with Crippen molar-refractivity contribution >= 4 is 17.2 Å². The number of carbonyl (C=O) groups excluding carboxylic acids is 1. The van der Waals surface area contributed by atoms with Crippen molar-refractivity contribution in [2.75, 3.05) is 6.54 Å². The molecule has 0 radical (unpaired) electrons. The standard InChI is InChI=1S/C18H24N4OS/c1-2-13-9-12-24-16(13)18(23)21-11-6-7-14(21)17-20-19-15-8-4-3-5-10-22(15)17/h9,12,14H,2-8,10-11H2,1H3/t14-/m1/s1. The number of carbonyl (C=O) groups is 1. The Balaban J connectivity index is 1.64. The van der Waals surface area contributed by atoms with Gasteiger partial charge in [-0.05, 0) is 49.1 Å². The third kappa shape index (κ3) is 2.66. The minimum Gasteiger partial charge on any atom is -0.328 e. The van der Waals surface area contributed by atoms with Gasteiger partial charge in [0, 0.05) is 19.5 Å². The van der Waals surface area contributed by atoms with Crippen LogP contribution in [0.1, 0.15) is 72.0 Å². The van der Waals surface area contributed by atoms with E-state index in [2.05, 4.69) is 27.8 Å². The van der Waals surface area contributed by atoms with E-state index < -0.39 is 0 Å². The summed E-state index contributed by atoms with van der Waals surface area (Å²) in [5.41, 5.74) is 1.16. The third-order valence-corrected chi connectivity index (χ3v) is 6.22. The molecule has 0 unspecified atom stereocenters. The van der Waals surface area contributed by atoms with Gasteiger partial charge in [0.25, 0.3) is 5.91 Å². The Bertz CT molecular complexity index is 735. The quantitative estimate of drug-likeness (QED) is 0.855. The molecule has 2 aromatic rings. The van der Waals surface area contributed by atoms with E-state index in [9.17, 15) is 4.79 Å². The lowest BCUT2D eigenvalue weighted by molar-refractivity contribution is 0.0731. The molecule has 24 heavy (non-hydrogen) atoms. The predicted molar refractivity (Wildman–Crippen MR) is 94.3 cm³/mol. The van der Waals surface area contributed by atoms with Crippen molar-refractivity contribution in [3.63, 3.8) is 0 Å². The van der Waals surface area contributed by atoms with Crippen molar-refractivity contribution in [2.24, 2.45) is 0 Å². The lowest BCUT2D eigenvalue weighted by Gasteiger charge is -2.24. The van der Waals surface area contributed by atoms with Crippen LogP contribution in [-0.2, 0) is 19.4 Å². The maximum atomic E-state index is 13.1. The molecule has 5 nitrogen and oxygen atoms in total. The third-order valence-electron chi connectivity index (χ3n) is 5.27. The van der Waals surface area contributed by atoms with E-state index >= 15 is 0 Å². The fraction of sp³-hybridized carbons (Fsp3) is 0.611. The van der Waals surface area contributed by atoms with Gasteiger partial charge in [0.05, 0.1) is 10.9 Å². The molecule has 4 rings (SSSR count). The highest BCUT2D eigenvalue weighted by Gasteiger charge is 2.35. The summed E-state index contributed by atoms with van der Waals surface area (Å²) in [6.45, 7) is 3.93. The highest BCUT2D eigenvalue weighted by atomic mass is 32.1. The average molecular weight is 344 g/mol. The minimum absolute atomic E-state index is 0.0867. The Morgan fingerprint density at radius 2 is 2.17 bits per heavy atom. The molecule has 0 N–H and O–H groups in total. The first-order chi connectivity index (χ1) is 11.8. The second kappa shape index (κ2) is 6.67. The number of likely N-dealkylation sites (tertiary alicyclic amines) is 1. The SMILES string of the molecule is CCc1ccsc1C(=O)N1CCC[C@@H]1c1nnc2n1CCCCC2. The molecule has 2 aliphatic rings. The second-order valence-electron chi connectivity index (χ2n) is 6.72. The monoisotopic (exact) mass is 344 g/mol. The summed E-state index contributed by atoms with van der Waals surface area (Å²) in [5, 5.41) is 11.0. The van der Waals surface area contributed by atoms with Gasteiger partial charge in [-0.25, -0.2) is 0 Å². The van der Waals surface area contributed by atoms with Crippen molar-refractivity contribution < 1.29 is 4.79 Å². The number of aromatic nitrogens is 3. The average Bonchev–Trinajstić information content (AvgIpc) is 3.30. The molecule has 6 heteroatoms. The van der Waals surface area contributed by atoms with Crippen molar-refractivity contribution in [1.29, 1.82) is 0 Å². The maximum absolute atomic E-state index is 13.1. The van der Waals surface area contributed by atoms with Crippen molar-refractivity contribution in [3.8, 4) is 0 Å². The summed E-state index contributed by atoms with van der Waals surface area (Å²) >= 11 is 1.57. The zero-order valence-electron chi connectivity index (χ0n) is 14.2. The number of hydrogen-bond acceptors (Lipinski definition) is 4. The molecule has 4 heterocycles. The van der Waals surface area contributed by atoms with Crippen molar-refractivity contribution in [3.05, 3.63) is 33.5 Å². The molecule has 0 aliphatic carbocycles. The van der Waals surface area contributed by atoms with Gasteiger partial charge >= 0.3 is 0 Å². The van der Waals surface area contributed by atoms with Crippen LogP contribution in [0.2, 0.25) is 0 Å². The second-order valence-corrected chi connectivity index (χ2v) is 7.64. The van der Waals surface area contributed by atoms with E-state index in [1.54, 1.807) is 11.3 Å². The molecular weight excluding hydrogens is 320 g/mol. The molecule has 128 valence electrons. The fourth-order valence-corrected chi connectivity index (χ4v) is 4.91. The number of thiophene rings is 1. The lowest BCUT2D eigenvalue weighted by Crippen LogP contribution is -2.32. The topological polar surface area (TPSA) is 51.0 Å². The Morgan fingerprint density at radius 3 is 3.04 bits per heavy atom. The van der Waals surface area contributed by atoms with Gasteiger partial charge < -0.3 is 9.47 Å². The lowest BCUT2D eigenvalue weighted by atomic mass is 10.1. The number of nitrogens with zero attached hydrogens (tertiary/aromatic N) is 4. The van der Waals surface area contributed by atoms with Gasteiger partial charge in [-0.3, -0.25) is 4.79 Å². The largest absolute Gasteiger partial charge is 0.328 e. The molecule has 1 fully saturated rings. The Hall–Kier alpha value is -1.69. The molecule has 0 aromatic carbocycles. The van der Waals surface area contributed by atoms with E-state index in [1.165, 1.54) is 19.3 Å². The Kier molecular flexibility index (Phi) is 4.39. The van der Waals surface area contributed by atoms with Gasteiger partial charge in [-0.15, -0.1) is 21.5 Å². The van der Waals surface area contributed by atoms with Crippen LogP contribution < -0.4 is 0 Å². The van der Waals surface area contributed by atoms with E-state index in [1.807, 2.05) is 10.3 Å². The molecular formula is C18H24N4OS. The summed E-state index contributed by atoms with van der Waals surface area (Å²) in [4.78, 5) is 16.0. The van der Waals surface area contributed by atoms with Crippen LogP contribution in [0.15, 0.2) is 11.4 Å². The minimum atomic E-state index is 0.0867. The van der Waals surface area contributed by atoms with Crippen molar-refractivity contribution in [2.45, 2.75) is 64.5 Å². The molecule has 1 atom stereocenters. The summed E-state index contributed by atoms with van der Waals surface area (Å²) in [7, 11) is 0. The Labute approximate surface area is 146 Å². The molecule has 1 saturated heterocycles. The van der Waals surface area contributed by atoms with E-state index in [0.29, 0.717) is 0 Å². The number of rotatable bonds is 3. The van der Waals surface area contributed by atoms with Gasteiger partial charge in [-0.2, -0.15) is 0 Å². The first kappa shape index (κ1) is 15.8. The highest BCUT2D eigenvalue weighted by molar-refractivity contribution is 7.12. The molecule has 2 aliphatic heterocycles. The molecule has 0 spiro atoms. The van der Waals surface area contributed by atoms with E-state index in [0.717, 1.165) is 60.9 Å². The number of amides is 1. The maximum Gasteiger partial charge on any atom is 0.264 e. The Morgan fingerprint density at radius 1 is 1.25 bits per heavy atom. The van der Waals surface area contributed by atoms with Gasteiger partial charge in [-0.1, -0.05) is 13.3 Å². The first-order valence-corrected chi connectivity index (χ1v) is 9.97. The van der Waals surface area contributed by atoms with Crippen LogP contribution in [0.25, 0.3) is 0 Å². The zero-order chi connectivity index (χ0) is 16.5.